The highest BCUT2D eigenvalue weighted by atomic mass is 16.3. The van der Waals surface area contributed by atoms with E-state index in [1.54, 1.807) is 0 Å². The molecule has 2 heteroatoms. The maximum atomic E-state index is 6.49. The number of benzene rings is 4. The van der Waals surface area contributed by atoms with Crippen LogP contribution in [0, 0.1) is 13.8 Å². The van der Waals surface area contributed by atoms with Crippen LogP contribution in [0.25, 0.3) is 44.3 Å². The predicted octanol–water partition coefficient (Wildman–Crippen LogP) is 9.33. The summed E-state index contributed by atoms with van der Waals surface area (Å²) in [4.78, 5) is 0. The summed E-state index contributed by atoms with van der Waals surface area (Å²) in [5, 5.41) is 2.32. The number of aryl methyl sites for hydroxylation is 3. The van der Waals surface area contributed by atoms with E-state index in [2.05, 4.69) is 138 Å². The van der Waals surface area contributed by atoms with Crippen molar-refractivity contribution >= 4 is 21.9 Å². The highest BCUT2D eigenvalue weighted by Crippen LogP contribution is 2.50. The summed E-state index contributed by atoms with van der Waals surface area (Å²) in [6.45, 7) is 13.9. The second-order valence-corrected chi connectivity index (χ2v) is 12.7. The molecule has 0 saturated carbocycles. The molecule has 0 fully saturated rings. The van der Waals surface area contributed by atoms with Gasteiger partial charge < -0.3 is 4.42 Å². The van der Waals surface area contributed by atoms with Gasteiger partial charge in [-0.25, -0.2) is 4.57 Å². The van der Waals surface area contributed by atoms with Crippen LogP contribution in [0.15, 0.2) is 95.5 Å². The van der Waals surface area contributed by atoms with Gasteiger partial charge in [0, 0.05) is 33.2 Å². The minimum absolute atomic E-state index is 0.0443. The zero-order valence-corrected chi connectivity index (χ0v) is 24.5. The third-order valence-corrected chi connectivity index (χ3v) is 9.44. The first kappa shape index (κ1) is 24.8. The summed E-state index contributed by atoms with van der Waals surface area (Å²) >= 11 is 0. The predicted molar refractivity (Wildman–Crippen MR) is 166 cm³/mol. The Morgan fingerprint density at radius 1 is 0.625 bits per heavy atom. The van der Waals surface area contributed by atoms with E-state index in [4.69, 9.17) is 4.42 Å². The van der Waals surface area contributed by atoms with E-state index in [0.717, 1.165) is 33.2 Å². The zero-order chi connectivity index (χ0) is 28.0. The van der Waals surface area contributed by atoms with Gasteiger partial charge >= 0.3 is 0 Å². The molecule has 1 aliphatic carbocycles. The lowest BCUT2D eigenvalue weighted by Gasteiger charge is -2.44. The van der Waals surface area contributed by atoms with Crippen LogP contribution >= 0.6 is 0 Å². The molecule has 0 saturated heterocycles. The highest BCUT2D eigenvalue weighted by Gasteiger charge is 2.41. The second kappa shape index (κ2) is 8.41. The molecular weight excluding hydrogens is 486 g/mol. The van der Waals surface area contributed by atoms with Gasteiger partial charge in [-0.1, -0.05) is 94.4 Å². The molecule has 2 heterocycles. The molecule has 0 N–H and O–H groups in total. The van der Waals surface area contributed by atoms with E-state index in [9.17, 15) is 0 Å². The summed E-state index contributed by atoms with van der Waals surface area (Å²) in [5.74, 6) is 0. The van der Waals surface area contributed by atoms with Crippen LogP contribution in [0.1, 0.15) is 61.1 Å². The molecule has 0 atom stereocenters. The van der Waals surface area contributed by atoms with Gasteiger partial charge in [-0.15, -0.1) is 0 Å². The molecule has 0 spiro atoms. The largest absolute Gasteiger partial charge is 0.455 e. The first-order chi connectivity index (χ1) is 19.1. The summed E-state index contributed by atoms with van der Waals surface area (Å²) in [6.07, 6.45) is 2.26. The molecule has 4 aromatic carbocycles. The zero-order valence-electron chi connectivity index (χ0n) is 24.5. The normalized spacial score (nSPS) is 15.3. The topological polar surface area (TPSA) is 17.0 Å². The van der Waals surface area contributed by atoms with Crippen molar-refractivity contribution in [1.82, 2.24) is 0 Å². The lowest BCUT2D eigenvalue weighted by atomic mass is 9.60. The summed E-state index contributed by atoms with van der Waals surface area (Å²) in [7, 11) is 2.14. The first-order valence-corrected chi connectivity index (χ1v) is 14.3. The SMILES string of the molecule is Cc1c[n+](C)c(-c2c(C)ccc3c2oc2ccccc23)cc1-c1ccc2c(c1)C(C)(C)c1ccccc1C2(C)C. The van der Waals surface area contributed by atoms with Crippen LogP contribution in [-0.4, -0.2) is 0 Å². The molecular formula is C38H36NO+. The van der Waals surface area contributed by atoms with E-state index >= 15 is 0 Å². The Labute approximate surface area is 236 Å². The van der Waals surface area contributed by atoms with Crippen LogP contribution in [0.5, 0.6) is 0 Å². The van der Waals surface area contributed by atoms with Crippen LogP contribution in [-0.2, 0) is 17.9 Å². The maximum Gasteiger partial charge on any atom is 0.216 e. The number of fused-ring (bicyclic) bond motifs is 5. The van der Waals surface area contributed by atoms with Gasteiger partial charge in [-0.3, -0.25) is 0 Å². The molecule has 0 bridgehead atoms. The molecule has 40 heavy (non-hydrogen) atoms. The second-order valence-electron chi connectivity index (χ2n) is 12.7. The molecule has 7 rings (SSSR count). The lowest BCUT2D eigenvalue weighted by molar-refractivity contribution is -0.660. The first-order valence-electron chi connectivity index (χ1n) is 14.3. The van der Waals surface area contributed by atoms with Crippen LogP contribution in [0.2, 0.25) is 0 Å². The van der Waals surface area contributed by atoms with Gasteiger partial charge in [0.15, 0.2) is 6.20 Å². The average Bonchev–Trinajstić information content (AvgIpc) is 3.31. The van der Waals surface area contributed by atoms with Crippen molar-refractivity contribution in [3.05, 3.63) is 125 Å². The minimum atomic E-state index is -0.0793. The van der Waals surface area contributed by atoms with Crippen molar-refractivity contribution < 1.29 is 8.98 Å². The van der Waals surface area contributed by atoms with Gasteiger partial charge in [0.2, 0.25) is 5.69 Å². The number of para-hydroxylation sites is 1. The molecule has 0 radical (unpaired) electrons. The Kier molecular flexibility index (Phi) is 5.23. The van der Waals surface area contributed by atoms with Crippen molar-refractivity contribution in [2.75, 3.05) is 0 Å². The number of aromatic nitrogens is 1. The highest BCUT2D eigenvalue weighted by molar-refractivity contribution is 6.09. The molecule has 0 amide bonds. The van der Waals surface area contributed by atoms with Crippen molar-refractivity contribution in [3.63, 3.8) is 0 Å². The molecule has 198 valence electrons. The number of furan rings is 1. The van der Waals surface area contributed by atoms with E-state index in [0.29, 0.717) is 0 Å². The third kappa shape index (κ3) is 3.38. The standard InChI is InChI=1S/C38H36NO/c1-23-16-18-27-26-12-8-11-15-34(26)40-36(27)35(23)33-21-28(24(2)22-39(33)7)25-17-19-31-32(20-25)38(5,6)30-14-10-9-13-29(30)37(31,3)4/h8-22H,1-7H3/q+1. The average molecular weight is 523 g/mol. The number of pyridine rings is 1. The van der Waals surface area contributed by atoms with E-state index < -0.39 is 0 Å². The van der Waals surface area contributed by atoms with E-state index in [1.165, 1.54) is 44.5 Å². The van der Waals surface area contributed by atoms with Crippen molar-refractivity contribution in [3.8, 4) is 22.4 Å². The number of hydrogen-bond acceptors (Lipinski definition) is 1. The quantitative estimate of drug-likeness (QED) is 0.207. The van der Waals surface area contributed by atoms with Gasteiger partial charge in [-0.05, 0) is 64.9 Å². The van der Waals surface area contributed by atoms with Crippen LogP contribution in [0.3, 0.4) is 0 Å². The monoisotopic (exact) mass is 522 g/mol. The van der Waals surface area contributed by atoms with Crippen molar-refractivity contribution in [1.29, 1.82) is 0 Å². The van der Waals surface area contributed by atoms with Gasteiger partial charge in [0.25, 0.3) is 0 Å². The van der Waals surface area contributed by atoms with Crippen molar-refractivity contribution in [2.45, 2.75) is 52.4 Å². The smallest absolute Gasteiger partial charge is 0.216 e. The summed E-state index contributed by atoms with van der Waals surface area (Å²) in [5.41, 5.74) is 14.8. The fourth-order valence-corrected chi connectivity index (χ4v) is 7.18. The number of nitrogens with zero attached hydrogens (tertiary/aromatic N) is 1. The van der Waals surface area contributed by atoms with Gasteiger partial charge in [0.05, 0.1) is 5.56 Å². The summed E-state index contributed by atoms with van der Waals surface area (Å²) < 4.78 is 8.74. The lowest BCUT2D eigenvalue weighted by Crippen LogP contribution is -2.36. The maximum absolute atomic E-state index is 6.49. The van der Waals surface area contributed by atoms with Crippen molar-refractivity contribution in [2.24, 2.45) is 7.05 Å². The molecule has 0 unspecified atom stereocenters. The van der Waals surface area contributed by atoms with Gasteiger partial charge in [-0.2, -0.15) is 0 Å². The summed E-state index contributed by atoms with van der Waals surface area (Å²) in [6, 6.07) is 31.2. The Morgan fingerprint density at radius 2 is 1.27 bits per heavy atom. The Balaban J connectivity index is 1.45. The van der Waals surface area contributed by atoms with Crippen LogP contribution < -0.4 is 4.57 Å². The molecule has 0 aliphatic heterocycles. The Hall–Kier alpha value is -4.17. The number of hydrogen-bond donors (Lipinski definition) is 0. The minimum Gasteiger partial charge on any atom is -0.455 e. The Morgan fingerprint density at radius 3 is 2.02 bits per heavy atom. The molecule has 2 nitrogen and oxygen atoms in total. The third-order valence-electron chi connectivity index (χ3n) is 9.44. The Bertz CT molecular complexity index is 1990. The molecule has 6 aromatic rings. The van der Waals surface area contributed by atoms with E-state index in [1.807, 2.05) is 6.07 Å². The fourth-order valence-electron chi connectivity index (χ4n) is 7.18. The van der Waals surface area contributed by atoms with E-state index in [-0.39, 0.29) is 10.8 Å². The molecule has 1 aliphatic rings. The molecule has 2 aromatic heterocycles. The fraction of sp³-hybridized carbons (Fsp3) is 0.237. The van der Waals surface area contributed by atoms with Crippen LogP contribution in [0.4, 0.5) is 0 Å². The van der Waals surface area contributed by atoms with Gasteiger partial charge in [0.1, 0.15) is 18.2 Å². The number of rotatable bonds is 2.